The Morgan fingerprint density at radius 3 is 2.84 bits per heavy atom. The van der Waals surface area contributed by atoms with Crippen LogP contribution in [-0.4, -0.2) is 24.1 Å². The van der Waals surface area contributed by atoms with Gasteiger partial charge in [-0.1, -0.05) is 29.5 Å². The molecule has 0 radical (unpaired) electrons. The topological polar surface area (TPSA) is 60.5 Å². The number of aromatic nitrogens is 1. The smallest absolute Gasteiger partial charge is 0.250 e. The van der Waals surface area contributed by atoms with E-state index in [1.807, 2.05) is 42.5 Å². The largest absolute Gasteiger partial charge is 0.490 e. The maximum absolute atomic E-state index is 12.1. The quantitative estimate of drug-likeness (QED) is 0.721. The van der Waals surface area contributed by atoms with Gasteiger partial charge in [0.05, 0.1) is 23.4 Å². The van der Waals surface area contributed by atoms with Gasteiger partial charge in [-0.05, 0) is 35.9 Å². The van der Waals surface area contributed by atoms with Crippen molar-refractivity contribution >= 4 is 38.7 Å². The van der Waals surface area contributed by atoms with Crippen molar-refractivity contribution in [2.75, 3.05) is 18.5 Å². The molecule has 0 fully saturated rings. The van der Waals surface area contributed by atoms with Crippen molar-refractivity contribution in [3.63, 3.8) is 0 Å². The minimum atomic E-state index is -0.217. The number of para-hydroxylation sites is 1. The SMILES string of the molecule is O=C(/C=C/c1ccc2c(c1)OCCCO2)Nc1nc2ccccc2s1. The standard InChI is InChI=1S/C19H16N2O3S/c22-18(21-19-20-14-4-1-2-5-17(14)25-19)9-7-13-6-8-15-16(12-13)24-11-3-10-23-15/h1-2,4-9,12H,3,10-11H2,(H,20,21,22)/b9-7+. The molecule has 0 saturated carbocycles. The molecule has 0 spiro atoms. The van der Waals surface area contributed by atoms with Crippen molar-refractivity contribution in [3.8, 4) is 11.5 Å². The number of carbonyl (C=O) groups excluding carboxylic acids is 1. The number of ether oxygens (including phenoxy) is 2. The second kappa shape index (κ2) is 6.94. The van der Waals surface area contributed by atoms with Crippen molar-refractivity contribution in [1.29, 1.82) is 0 Å². The summed E-state index contributed by atoms with van der Waals surface area (Å²) in [5, 5.41) is 3.39. The zero-order chi connectivity index (χ0) is 17.1. The summed E-state index contributed by atoms with van der Waals surface area (Å²) in [7, 11) is 0. The van der Waals surface area contributed by atoms with Gasteiger partial charge in [0, 0.05) is 12.5 Å². The number of carbonyl (C=O) groups is 1. The van der Waals surface area contributed by atoms with E-state index in [0.29, 0.717) is 24.1 Å². The molecule has 0 unspecified atom stereocenters. The summed E-state index contributed by atoms with van der Waals surface area (Å²) in [5.74, 6) is 1.24. The first-order valence-corrected chi connectivity index (χ1v) is 8.84. The van der Waals surface area contributed by atoms with Gasteiger partial charge in [0.15, 0.2) is 16.6 Å². The van der Waals surface area contributed by atoms with Crippen LogP contribution in [0.1, 0.15) is 12.0 Å². The van der Waals surface area contributed by atoms with Crippen molar-refractivity contribution in [2.45, 2.75) is 6.42 Å². The number of hydrogen-bond donors (Lipinski definition) is 1. The van der Waals surface area contributed by atoms with Gasteiger partial charge < -0.3 is 9.47 Å². The van der Waals surface area contributed by atoms with Crippen molar-refractivity contribution in [1.82, 2.24) is 4.98 Å². The summed E-state index contributed by atoms with van der Waals surface area (Å²) < 4.78 is 12.3. The molecule has 0 aliphatic carbocycles. The second-order valence-corrected chi connectivity index (χ2v) is 6.60. The molecule has 126 valence electrons. The summed E-state index contributed by atoms with van der Waals surface area (Å²) in [4.78, 5) is 16.5. The predicted molar refractivity (Wildman–Crippen MR) is 99.3 cm³/mol. The minimum absolute atomic E-state index is 0.217. The fraction of sp³-hybridized carbons (Fsp3) is 0.158. The van der Waals surface area contributed by atoms with E-state index >= 15 is 0 Å². The van der Waals surface area contributed by atoms with Crippen LogP contribution in [0.2, 0.25) is 0 Å². The third kappa shape index (κ3) is 3.64. The number of amides is 1. The van der Waals surface area contributed by atoms with Crippen LogP contribution in [0, 0.1) is 0 Å². The molecule has 0 saturated heterocycles. The Morgan fingerprint density at radius 1 is 1.12 bits per heavy atom. The van der Waals surface area contributed by atoms with Crippen LogP contribution in [0.3, 0.4) is 0 Å². The van der Waals surface area contributed by atoms with Gasteiger partial charge in [-0.15, -0.1) is 0 Å². The van der Waals surface area contributed by atoms with Crippen LogP contribution in [0.15, 0.2) is 48.5 Å². The third-order valence-electron chi connectivity index (χ3n) is 3.72. The summed E-state index contributed by atoms with van der Waals surface area (Å²) >= 11 is 1.45. The molecule has 0 atom stereocenters. The number of hydrogen-bond acceptors (Lipinski definition) is 5. The Kier molecular flexibility index (Phi) is 4.35. The van der Waals surface area contributed by atoms with Gasteiger partial charge in [-0.2, -0.15) is 0 Å². The molecule has 2 aromatic carbocycles. The molecule has 1 N–H and O–H groups in total. The summed E-state index contributed by atoms with van der Waals surface area (Å²) in [6.45, 7) is 1.30. The van der Waals surface area contributed by atoms with Crippen LogP contribution >= 0.6 is 11.3 Å². The molecule has 1 amide bonds. The Bertz CT molecular complexity index is 916. The number of nitrogens with zero attached hydrogens (tertiary/aromatic N) is 1. The predicted octanol–water partition coefficient (Wildman–Crippen LogP) is 4.11. The Balaban J connectivity index is 1.45. The van der Waals surface area contributed by atoms with E-state index < -0.39 is 0 Å². The zero-order valence-electron chi connectivity index (χ0n) is 13.4. The normalized spacial score (nSPS) is 13.8. The number of fused-ring (bicyclic) bond motifs is 2. The highest BCUT2D eigenvalue weighted by Gasteiger charge is 2.10. The Hall–Kier alpha value is -2.86. The first kappa shape index (κ1) is 15.7. The highest BCUT2D eigenvalue weighted by Crippen LogP contribution is 2.31. The summed E-state index contributed by atoms with van der Waals surface area (Å²) in [6.07, 6.45) is 4.10. The lowest BCUT2D eigenvalue weighted by Crippen LogP contribution is -2.07. The first-order chi connectivity index (χ1) is 12.3. The molecule has 2 heterocycles. The van der Waals surface area contributed by atoms with Gasteiger partial charge in [0.2, 0.25) is 5.91 Å². The minimum Gasteiger partial charge on any atom is -0.490 e. The van der Waals surface area contributed by atoms with E-state index in [2.05, 4.69) is 10.3 Å². The molecular weight excluding hydrogens is 336 g/mol. The number of thiazole rings is 1. The van der Waals surface area contributed by atoms with Crippen molar-refractivity contribution in [2.24, 2.45) is 0 Å². The van der Waals surface area contributed by atoms with Crippen LogP contribution < -0.4 is 14.8 Å². The average Bonchev–Trinajstić information content (AvgIpc) is 2.88. The molecule has 0 bridgehead atoms. The Labute approximate surface area is 148 Å². The van der Waals surface area contributed by atoms with E-state index in [1.54, 1.807) is 6.08 Å². The van der Waals surface area contributed by atoms with Crippen LogP contribution in [0.4, 0.5) is 5.13 Å². The van der Waals surface area contributed by atoms with Gasteiger partial charge in [-0.3, -0.25) is 10.1 Å². The third-order valence-corrected chi connectivity index (χ3v) is 4.67. The first-order valence-electron chi connectivity index (χ1n) is 8.02. The monoisotopic (exact) mass is 352 g/mol. The molecule has 6 heteroatoms. The van der Waals surface area contributed by atoms with Gasteiger partial charge in [-0.25, -0.2) is 4.98 Å². The van der Waals surface area contributed by atoms with Crippen molar-refractivity contribution in [3.05, 3.63) is 54.1 Å². The fourth-order valence-electron chi connectivity index (χ4n) is 2.53. The van der Waals surface area contributed by atoms with E-state index in [0.717, 1.165) is 28.0 Å². The molecule has 5 nitrogen and oxygen atoms in total. The van der Waals surface area contributed by atoms with E-state index in [9.17, 15) is 4.79 Å². The Morgan fingerprint density at radius 2 is 1.96 bits per heavy atom. The van der Waals surface area contributed by atoms with Gasteiger partial charge >= 0.3 is 0 Å². The molecule has 1 aliphatic rings. The molecule has 4 rings (SSSR count). The van der Waals surface area contributed by atoms with E-state index in [4.69, 9.17) is 9.47 Å². The van der Waals surface area contributed by atoms with Crippen molar-refractivity contribution < 1.29 is 14.3 Å². The molecule has 1 aliphatic heterocycles. The highest BCUT2D eigenvalue weighted by molar-refractivity contribution is 7.22. The summed E-state index contributed by atoms with van der Waals surface area (Å²) in [6, 6.07) is 13.4. The lowest BCUT2D eigenvalue weighted by molar-refractivity contribution is -0.111. The van der Waals surface area contributed by atoms with Crippen LogP contribution in [0.5, 0.6) is 11.5 Å². The molecule has 25 heavy (non-hydrogen) atoms. The van der Waals surface area contributed by atoms with Crippen LogP contribution in [-0.2, 0) is 4.79 Å². The number of benzene rings is 2. The zero-order valence-corrected chi connectivity index (χ0v) is 14.2. The second-order valence-electron chi connectivity index (χ2n) is 5.57. The van der Waals surface area contributed by atoms with Gasteiger partial charge in [0.1, 0.15) is 0 Å². The van der Waals surface area contributed by atoms with Gasteiger partial charge in [0.25, 0.3) is 0 Å². The number of anilines is 1. The molecule has 1 aromatic heterocycles. The summed E-state index contributed by atoms with van der Waals surface area (Å²) in [5.41, 5.74) is 1.76. The number of rotatable bonds is 3. The lowest BCUT2D eigenvalue weighted by Gasteiger charge is -2.07. The van der Waals surface area contributed by atoms with E-state index in [1.165, 1.54) is 17.4 Å². The highest BCUT2D eigenvalue weighted by atomic mass is 32.1. The maximum atomic E-state index is 12.1. The van der Waals surface area contributed by atoms with E-state index in [-0.39, 0.29) is 5.91 Å². The molecular formula is C19H16N2O3S. The van der Waals surface area contributed by atoms with Crippen LogP contribution in [0.25, 0.3) is 16.3 Å². The lowest BCUT2D eigenvalue weighted by atomic mass is 10.2. The fourth-order valence-corrected chi connectivity index (χ4v) is 3.40. The molecule has 3 aromatic rings. The average molecular weight is 352 g/mol. The maximum Gasteiger partial charge on any atom is 0.250 e. The number of nitrogens with one attached hydrogen (secondary N) is 1.